The van der Waals surface area contributed by atoms with E-state index < -0.39 is 17.5 Å². The molecule has 3 rings (SSSR count). The maximum absolute atomic E-state index is 13.3. The highest BCUT2D eigenvalue weighted by atomic mass is 19.2. The highest BCUT2D eigenvalue weighted by Gasteiger charge is 2.31. The van der Waals surface area contributed by atoms with Crippen LogP contribution in [0.2, 0.25) is 0 Å². The van der Waals surface area contributed by atoms with Crippen molar-refractivity contribution in [3.05, 3.63) is 29.6 Å². The molecule has 0 unspecified atom stereocenters. The van der Waals surface area contributed by atoms with Gasteiger partial charge in [-0.3, -0.25) is 0 Å². The van der Waals surface area contributed by atoms with Gasteiger partial charge in [0.25, 0.3) is 0 Å². The molecule has 1 nitrogen and oxygen atoms in total. The molecular formula is C23H33F3O. The average Bonchev–Trinajstić information content (AvgIpc) is 2.69. The molecule has 0 radical (unpaired) electrons. The fraction of sp³-hybridized carbons (Fsp3) is 0.739. The first-order valence-electron chi connectivity index (χ1n) is 10.8. The summed E-state index contributed by atoms with van der Waals surface area (Å²) in [5.74, 6) is -0.613. The van der Waals surface area contributed by atoms with Gasteiger partial charge in [-0.25, -0.2) is 13.2 Å². The van der Waals surface area contributed by atoms with Gasteiger partial charge in [0, 0.05) is 12.1 Å². The van der Waals surface area contributed by atoms with E-state index in [4.69, 9.17) is 4.74 Å². The minimum absolute atomic E-state index is 0.0823. The molecule has 0 amide bonds. The van der Waals surface area contributed by atoms with E-state index in [9.17, 15) is 13.2 Å². The van der Waals surface area contributed by atoms with E-state index in [2.05, 4.69) is 6.92 Å². The summed E-state index contributed by atoms with van der Waals surface area (Å²) in [7, 11) is 0. The maximum Gasteiger partial charge on any atom is 0.194 e. The lowest BCUT2D eigenvalue weighted by Crippen LogP contribution is -2.27. The lowest BCUT2D eigenvalue weighted by Gasteiger charge is -2.37. The fourth-order valence-corrected chi connectivity index (χ4v) is 5.10. The smallest absolute Gasteiger partial charge is 0.194 e. The molecule has 0 N–H and O–H groups in total. The van der Waals surface area contributed by atoms with Crippen molar-refractivity contribution in [2.24, 2.45) is 23.7 Å². The van der Waals surface area contributed by atoms with E-state index in [1.807, 2.05) is 0 Å². The molecule has 0 atom stereocenters. The molecular weight excluding hydrogens is 349 g/mol. The van der Waals surface area contributed by atoms with Crippen molar-refractivity contribution in [1.29, 1.82) is 0 Å². The maximum atomic E-state index is 13.3. The van der Waals surface area contributed by atoms with Crippen LogP contribution in [0.25, 0.3) is 0 Å². The number of hydrogen-bond acceptors (Lipinski definition) is 1. The Kier molecular flexibility index (Phi) is 7.49. The first-order chi connectivity index (χ1) is 13.1. The molecule has 27 heavy (non-hydrogen) atoms. The van der Waals surface area contributed by atoms with Crippen LogP contribution in [0.1, 0.15) is 77.6 Å². The zero-order valence-electron chi connectivity index (χ0n) is 16.5. The van der Waals surface area contributed by atoms with Gasteiger partial charge in [-0.2, -0.15) is 0 Å². The molecule has 0 aliphatic heterocycles. The molecule has 4 heteroatoms. The summed E-state index contributed by atoms with van der Waals surface area (Å²) in [4.78, 5) is 0. The molecule has 2 fully saturated rings. The van der Waals surface area contributed by atoms with Gasteiger partial charge in [0.2, 0.25) is 0 Å². The predicted octanol–water partition coefficient (Wildman–Crippen LogP) is 7.29. The summed E-state index contributed by atoms with van der Waals surface area (Å²) in [6, 6.07) is 1.86. The fourth-order valence-electron chi connectivity index (χ4n) is 5.10. The molecule has 1 aromatic carbocycles. The number of rotatable bonds is 7. The van der Waals surface area contributed by atoms with Crippen molar-refractivity contribution < 1.29 is 17.9 Å². The Balaban J connectivity index is 1.38. The highest BCUT2D eigenvalue weighted by Crippen LogP contribution is 2.42. The van der Waals surface area contributed by atoms with Crippen LogP contribution in [0, 0.1) is 41.1 Å². The zero-order chi connectivity index (χ0) is 19.2. The Hall–Kier alpha value is -1.19. The van der Waals surface area contributed by atoms with Gasteiger partial charge < -0.3 is 4.74 Å². The minimum Gasteiger partial charge on any atom is -0.493 e. The third kappa shape index (κ3) is 5.65. The summed E-state index contributed by atoms with van der Waals surface area (Å²) in [5, 5.41) is 0. The quantitative estimate of drug-likeness (QED) is 0.450. The lowest BCUT2D eigenvalue weighted by atomic mass is 9.69. The second-order valence-electron chi connectivity index (χ2n) is 8.72. The Morgan fingerprint density at radius 3 is 1.85 bits per heavy atom. The van der Waals surface area contributed by atoms with Gasteiger partial charge in [0.15, 0.2) is 17.5 Å². The SMILES string of the molecule is CCCC[C@H]1CC[C@H](C2CCC(COc3cc(F)c(F)c(F)c3)CC2)CC1. The molecule has 0 saturated heterocycles. The van der Waals surface area contributed by atoms with E-state index in [1.54, 1.807) is 0 Å². The van der Waals surface area contributed by atoms with Gasteiger partial charge in [-0.1, -0.05) is 39.0 Å². The summed E-state index contributed by atoms with van der Waals surface area (Å²) < 4.78 is 45.1. The predicted molar refractivity (Wildman–Crippen MR) is 102 cm³/mol. The van der Waals surface area contributed by atoms with E-state index >= 15 is 0 Å². The highest BCUT2D eigenvalue weighted by molar-refractivity contribution is 5.25. The molecule has 1 aromatic rings. The van der Waals surface area contributed by atoms with Crippen molar-refractivity contribution >= 4 is 0 Å². The molecule has 2 aliphatic carbocycles. The first kappa shape index (κ1) is 20.5. The Labute approximate surface area is 161 Å². The second kappa shape index (κ2) is 9.84. The van der Waals surface area contributed by atoms with Gasteiger partial charge in [-0.05, 0) is 62.2 Å². The normalized spacial score (nSPS) is 28.9. The molecule has 152 valence electrons. The zero-order valence-corrected chi connectivity index (χ0v) is 16.5. The van der Waals surface area contributed by atoms with Crippen molar-refractivity contribution in [2.45, 2.75) is 77.6 Å². The van der Waals surface area contributed by atoms with Crippen LogP contribution in [0.4, 0.5) is 13.2 Å². The average molecular weight is 383 g/mol. The van der Waals surface area contributed by atoms with Gasteiger partial charge >= 0.3 is 0 Å². The molecule has 0 bridgehead atoms. The monoisotopic (exact) mass is 382 g/mol. The molecule has 0 aromatic heterocycles. The van der Waals surface area contributed by atoms with Gasteiger partial charge in [0.1, 0.15) is 5.75 Å². The van der Waals surface area contributed by atoms with E-state index in [0.29, 0.717) is 12.5 Å². The number of unbranched alkanes of at least 4 members (excludes halogenated alkanes) is 1. The van der Waals surface area contributed by atoms with Crippen molar-refractivity contribution in [2.75, 3.05) is 6.61 Å². The number of benzene rings is 1. The van der Waals surface area contributed by atoms with Gasteiger partial charge in [0.05, 0.1) is 6.61 Å². The lowest BCUT2D eigenvalue weighted by molar-refractivity contribution is 0.121. The molecule has 2 saturated carbocycles. The summed E-state index contributed by atoms with van der Waals surface area (Å²) in [6.45, 7) is 2.73. The third-order valence-electron chi connectivity index (χ3n) is 6.86. The Bertz CT molecular complexity index is 564. The van der Waals surface area contributed by atoms with Crippen LogP contribution in [-0.4, -0.2) is 6.61 Å². The van der Waals surface area contributed by atoms with Crippen molar-refractivity contribution in [1.82, 2.24) is 0 Å². The summed E-state index contributed by atoms with van der Waals surface area (Å²) in [6.07, 6.45) is 14.4. The van der Waals surface area contributed by atoms with Crippen molar-refractivity contribution in [3.8, 4) is 5.75 Å². The van der Waals surface area contributed by atoms with Crippen LogP contribution in [0.15, 0.2) is 12.1 Å². The van der Waals surface area contributed by atoms with Crippen LogP contribution in [0.5, 0.6) is 5.75 Å². The standard InChI is InChI=1S/C23H33F3O/c1-2-3-4-16-5-9-18(10-6-16)19-11-7-17(8-12-19)15-27-20-13-21(24)23(26)22(25)14-20/h13-14,16-19H,2-12,15H2,1H3/t16-,17?,18-,19?. The molecule has 0 spiro atoms. The Morgan fingerprint density at radius 2 is 1.33 bits per heavy atom. The summed E-state index contributed by atoms with van der Waals surface area (Å²) >= 11 is 0. The van der Waals surface area contributed by atoms with Crippen LogP contribution < -0.4 is 4.74 Å². The minimum atomic E-state index is -1.44. The van der Waals surface area contributed by atoms with Crippen LogP contribution in [0.3, 0.4) is 0 Å². The second-order valence-corrected chi connectivity index (χ2v) is 8.72. The number of hydrogen-bond donors (Lipinski definition) is 0. The Morgan fingerprint density at radius 1 is 0.815 bits per heavy atom. The van der Waals surface area contributed by atoms with Crippen molar-refractivity contribution in [3.63, 3.8) is 0 Å². The first-order valence-corrected chi connectivity index (χ1v) is 10.8. The van der Waals surface area contributed by atoms with Crippen LogP contribution in [-0.2, 0) is 0 Å². The summed E-state index contributed by atoms with van der Waals surface area (Å²) in [5.41, 5.74) is 0. The topological polar surface area (TPSA) is 9.23 Å². The molecule has 2 aliphatic rings. The van der Waals surface area contributed by atoms with Crippen LogP contribution >= 0.6 is 0 Å². The van der Waals surface area contributed by atoms with Gasteiger partial charge in [-0.15, -0.1) is 0 Å². The number of halogens is 3. The third-order valence-corrected chi connectivity index (χ3v) is 6.86. The number of ether oxygens (including phenoxy) is 1. The van der Waals surface area contributed by atoms with E-state index in [-0.39, 0.29) is 5.75 Å². The molecule has 0 heterocycles. The van der Waals surface area contributed by atoms with E-state index in [1.165, 1.54) is 57.8 Å². The largest absolute Gasteiger partial charge is 0.493 e. The van der Waals surface area contributed by atoms with E-state index in [0.717, 1.165) is 42.7 Å².